The van der Waals surface area contributed by atoms with Crippen LogP contribution in [-0.2, 0) is 7.05 Å². The second-order valence-corrected chi connectivity index (χ2v) is 3.72. The molecule has 0 atom stereocenters. The molecule has 0 aliphatic carbocycles. The molecule has 0 N–H and O–H groups in total. The number of halogens is 1. The maximum absolute atomic E-state index is 11.4. The Morgan fingerprint density at radius 2 is 1.94 bits per heavy atom. The molecule has 0 aliphatic heterocycles. The number of rotatable bonds is 2. The normalized spacial score (nSPS) is 10.5. The maximum atomic E-state index is 11.4. The molecule has 0 radical (unpaired) electrons. The zero-order chi connectivity index (χ0) is 12.6. The molecule has 1 aromatic carbocycles. The van der Waals surface area contributed by atoms with Crippen molar-refractivity contribution in [2.45, 2.75) is 0 Å². The van der Waals surface area contributed by atoms with Crippen molar-refractivity contribution in [2.24, 2.45) is 7.05 Å². The highest BCUT2D eigenvalue weighted by Gasteiger charge is 2.15. The van der Waals surface area contributed by atoms with Crippen LogP contribution in [0, 0.1) is 10.1 Å². The molecule has 0 amide bonds. The third kappa shape index (κ3) is 1.94. The van der Waals surface area contributed by atoms with E-state index in [2.05, 4.69) is 0 Å². The fourth-order valence-electron chi connectivity index (χ4n) is 1.37. The van der Waals surface area contributed by atoms with Gasteiger partial charge in [-0.25, -0.2) is 0 Å². The van der Waals surface area contributed by atoms with E-state index in [0.717, 1.165) is 4.74 Å². The minimum Gasteiger partial charge on any atom is -0.374 e. The monoisotopic (exact) mass is 254 g/mol. The topological polar surface area (TPSA) is 78.3 Å². The number of nitro groups is 1. The molecule has 0 saturated heterocycles. The lowest BCUT2D eigenvalue weighted by atomic mass is 10.1. The molecule has 1 heterocycles. The third-order valence-electron chi connectivity index (χ3n) is 2.24. The minimum atomic E-state index is -0.507. The van der Waals surface area contributed by atoms with Gasteiger partial charge in [0, 0.05) is 24.7 Å². The molecule has 2 aromatic rings. The van der Waals surface area contributed by atoms with Gasteiger partial charge in [0.2, 0.25) is 0 Å². The molecule has 0 saturated carbocycles. The minimum absolute atomic E-state index is 0.0387. The van der Waals surface area contributed by atoms with E-state index in [1.165, 1.54) is 31.3 Å². The summed E-state index contributed by atoms with van der Waals surface area (Å²) in [6.07, 6.45) is 0. The van der Waals surface area contributed by atoms with Crippen LogP contribution in [0.5, 0.6) is 0 Å². The fraction of sp³-hybridized carbons (Fsp3) is 0.100. The lowest BCUT2D eigenvalue weighted by Gasteiger charge is -1.96. The highest BCUT2D eigenvalue weighted by Crippen LogP contribution is 2.27. The van der Waals surface area contributed by atoms with E-state index in [1.54, 1.807) is 0 Å². The largest absolute Gasteiger partial charge is 0.374 e. The average Bonchev–Trinajstić information content (AvgIpc) is 2.57. The summed E-state index contributed by atoms with van der Waals surface area (Å²) in [5.74, 6) is 0.203. The number of nitrogens with zero attached hydrogens (tertiary/aromatic N) is 2. The molecule has 0 fully saturated rings. The number of benzene rings is 1. The standard InChI is InChI=1S/C10H7ClN2O4/c1-12-10(14)8(11)9(17-12)6-2-4-7(5-3-6)13(15)16/h2-5H,1H3. The molecule has 0 aliphatic rings. The Balaban J connectivity index is 2.50. The summed E-state index contributed by atoms with van der Waals surface area (Å²) in [6.45, 7) is 0. The summed E-state index contributed by atoms with van der Waals surface area (Å²) in [7, 11) is 1.43. The lowest BCUT2D eigenvalue weighted by Crippen LogP contribution is -2.09. The van der Waals surface area contributed by atoms with Gasteiger partial charge in [0.25, 0.3) is 5.69 Å². The molecule has 1 aromatic heterocycles. The first-order chi connectivity index (χ1) is 8.00. The van der Waals surface area contributed by atoms with Gasteiger partial charge in [0.05, 0.1) is 4.92 Å². The van der Waals surface area contributed by atoms with Crippen LogP contribution in [0.1, 0.15) is 0 Å². The second kappa shape index (κ2) is 4.06. The Morgan fingerprint density at radius 1 is 1.35 bits per heavy atom. The van der Waals surface area contributed by atoms with Crippen LogP contribution in [0.4, 0.5) is 5.69 Å². The van der Waals surface area contributed by atoms with Gasteiger partial charge in [-0.05, 0) is 12.1 Å². The lowest BCUT2D eigenvalue weighted by molar-refractivity contribution is -0.384. The van der Waals surface area contributed by atoms with Gasteiger partial charge in [-0.1, -0.05) is 11.6 Å². The van der Waals surface area contributed by atoms with Crippen LogP contribution in [-0.4, -0.2) is 9.66 Å². The van der Waals surface area contributed by atoms with Crippen molar-refractivity contribution >= 4 is 17.3 Å². The number of hydrogen-bond donors (Lipinski definition) is 0. The molecule has 88 valence electrons. The summed E-state index contributed by atoms with van der Waals surface area (Å²) >= 11 is 5.79. The number of aromatic nitrogens is 1. The van der Waals surface area contributed by atoms with Gasteiger partial charge >= 0.3 is 5.56 Å². The Labute approximate surface area is 100 Å². The Hall–Kier alpha value is -2.08. The van der Waals surface area contributed by atoms with E-state index < -0.39 is 10.5 Å². The fourth-order valence-corrected chi connectivity index (χ4v) is 1.63. The van der Waals surface area contributed by atoms with Crippen LogP contribution >= 0.6 is 11.6 Å². The molecule has 17 heavy (non-hydrogen) atoms. The predicted molar refractivity (Wildman–Crippen MR) is 61.0 cm³/mol. The van der Waals surface area contributed by atoms with E-state index in [-0.39, 0.29) is 16.5 Å². The maximum Gasteiger partial charge on any atom is 0.301 e. The molecular weight excluding hydrogens is 248 g/mol. The summed E-state index contributed by atoms with van der Waals surface area (Å²) in [5, 5.41) is 10.4. The Morgan fingerprint density at radius 3 is 2.35 bits per heavy atom. The molecule has 7 heteroatoms. The molecule has 2 rings (SSSR count). The molecule has 6 nitrogen and oxygen atoms in total. The number of non-ortho nitro benzene ring substituents is 1. The van der Waals surface area contributed by atoms with Crippen molar-refractivity contribution in [2.75, 3.05) is 0 Å². The van der Waals surface area contributed by atoms with E-state index in [9.17, 15) is 14.9 Å². The van der Waals surface area contributed by atoms with Gasteiger partial charge in [-0.2, -0.15) is 4.74 Å². The van der Waals surface area contributed by atoms with E-state index >= 15 is 0 Å². The first-order valence-electron chi connectivity index (χ1n) is 4.61. The van der Waals surface area contributed by atoms with E-state index in [1.807, 2.05) is 0 Å². The summed E-state index contributed by atoms with van der Waals surface area (Å²) in [5.41, 5.74) is 0.0291. The van der Waals surface area contributed by atoms with E-state index in [4.69, 9.17) is 16.1 Å². The molecular formula is C10H7ClN2O4. The first-order valence-corrected chi connectivity index (χ1v) is 4.99. The SMILES string of the molecule is Cn1oc(-c2ccc([N+](=O)[O-])cc2)c(Cl)c1=O. The van der Waals surface area contributed by atoms with Crippen molar-refractivity contribution in [1.29, 1.82) is 0 Å². The molecule has 0 unspecified atom stereocenters. The van der Waals surface area contributed by atoms with Crippen molar-refractivity contribution in [1.82, 2.24) is 4.74 Å². The van der Waals surface area contributed by atoms with Crippen molar-refractivity contribution in [3.8, 4) is 11.3 Å². The highest BCUT2D eigenvalue weighted by molar-refractivity contribution is 6.32. The Kier molecular flexibility index (Phi) is 2.72. The van der Waals surface area contributed by atoms with Crippen molar-refractivity contribution in [3.63, 3.8) is 0 Å². The van der Waals surface area contributed by atoms with Gasteiger partial charge < -0.3 is 4.52 Å². The average molecular weight is 255 g/mol. The zero-order valence-corrected chi connectivity index (χ0v) is 9.47. The smallest absolute Gasteiger partial charge is 0.301 e. The van der Waals surface area contributed by atoms with Gasteiger partial charge in [-0.15, -0.1) is 0 Å². The quantitative estimate of drug-likeness (QED) is 0.608. The molecule has 0 bridgehead atoms. The highest BCUT2D eigenvalue weighted by atomic mass is 35.5. The van der Waals surface area contributed by atoms with Gasteiger partial charge in [0.1, 0.15) is 0 Å². The van der Waals surface area contributed by atoms with Crippen molar-refractivity contribution < 1.29 is 9.45 Å². The van der Waals surface area contributed by atoms with Crippen LogP contribution < -0.4 is 5.56 Å². The number of aryl methyl sites for hydroxylation is 1. The predicted octanol–water partition coefficient (Wildman–Crippen LogP) is 2.21. The molecule has 0 spiro atoms. The van der Waals surface area contributed by atoms with Crippen LogP contribution in [0.2, 0.25) is 5.02 Å². The van der Waals surface area contributed by atoms with Gasteiger partial charge in [-0.3, -0.25) is 14.9 Å². The van der Waals surface area contributed by atoms with Crippen LogP contribution in [0.25, 0.3) is 11.3 Å². The third-order valence-corrected chi connectivity index (χ3v) is 2.57. The number of nitro benzene ring substituents is 1. The van der Waals surface area contributed by atoms with Gasteiger partial charge in [0.15, 0.2) is 10.8 Å². The summed E-state index contributed by atoms with van der Waals surface area (Å²) < 4.78 is 6.13. The summed E-state index contributed by atoms with van der Waals surface area (Å²) in [6, 6.07) is 5.59. The van der Waals surface area contributed by atoms with Crippen LogP contribution in [0.3, 0.4) is 0 Å². The second-order valence-electron chi connectivity index (χ2n) is 3.34. The zero-order valence-electron chi connectivity index (χ0n) is 8.71. The first kappa shape index (κ1) is 11.4. The number of hydrogen-bond acceptors (Lipinski definition) is 4. The Bertz CT molecular complexity index is 627. The van der Waals surface area contributed by atoms with E-state index in [0.29, 0.717) is 5.56 Å². The van der Waals surface area contributed by atoms with Crippen LogP contribution in [0.15, 0.2) is 33.6 Å². The van der Waals surface area contributed by atoms with Crippen molar-refractivity contribution in [3.05, 3.63) is 49.8 Å². The summed E-state index contributed by atoms with van der Waals surface area (Å²) in [4.78, 5) is 21.3.